The summed E-state index contributed by atoms with van der Waals surface area (Å²) in [7, 11) is 4.00. The first-order chi connectivity index (χ1) is 12.1. The largest absolute Gasteiger partial charge is 0.350 e. The molecule has 3 aromatic rings. The Kier molecular flexibility index (Phi) is 5.47. The van der Waals surface area contributed by atoms with Crippen molar-refractivity contribution in [3.8, 4) is 11.4 Å². The zero-order valence-corrected chi connectivity index (χ0v) is 14.9. The first-order valence-electron chi connectivity index (χ1n) is 7.85. The number of carbonyl (C=O) groups is 1. The third-order valence-corrected chi connectivity index (χ3v) is 4.76. The quantitative estimate of drug-likeness (QED) is 0.738. The van der Waals surface area contributed by atoms with E-state index in [2.05, 4.69) is 31.2 Å². The van der Waals surface area contributed by atoms with Gasteiger partial charge in [0.2, 0.25) is 0 Å². The summed E-state index contributed by atoms with van der Waals surface area (Å²) in [4.78, 5) is 28.2. The van der Waals surface area contributed by atoms with Crippen molar-refractivity contribution in [2.45, 2.75) is 6.04 Å². The maximum absolute atomic E-state index is 12.4. The smallest absolute Gasteiger partial charge is 0.254 e. The molecule has 3 rings (SSSR count). The Hall–Kier alpha value is -2.64. The van der Waals surface area contributed by atoms with Crippen LogP contribution in [0.25, 0.3) is 11.4 Å². The first-order valence-corrected chi connectivity index (χ1v) is 8.73. The fourth-order valence-corrected chi connectivity index (χ4v) is 3.32. The highest BCUT2D eigenvalue weighted by molar-refractivity contribution is 7.10. The molecule has 25 heavy (non-hydrogen) atoms. The van der Waals surface area contributed by atoms with Gasteiger partial charge in [0.25, 0.3) is 5.91 Å². The molecule has 0 spiro atoms. The molecule has 6 nitrogen and oxygen atoms in total. The van der Waals surface area contributed by atoms with E-state index in [0.717, 1.165) is 5.56 Å². The molecule has 0 aliphatic heterocycles. The standard InChI is InChI=1S/C18H19N5OS/c1-23(2)15(16-6-4-8-25-16)12-22-18(24)14-10-20-17(21-11-14)13-5-3-7-19-9-13/h3-11,15H,12H2,1-2H3,(H,22,24)/t15-/m0/s1. The van der Waals surface area contributed by atoms with Gasteiger partial charge in [-0.15, -0.1) is 11.3 Å². The molecule has 3 aromatic heterocycles. The highest BCUT2D eigenvalue weighted by Crippen LogP contribution is 2.22. The predicted molar refractivity (Wildman–Crippen MR) is 98.3 cm³/mol. The molecular weight excluding hydrogens is 334 g/mol. The van der Waals surface area contributed by atoms with Gasteiger partial charge in [0.05, 0.1) is 11.6 Å². The van der Waals surface area contributed by atoms with Crippen molar-refractivity contribution in [3.63, 3.8) is 0 Å². The molecule has 0 saturated heterocycles. The number of carbonyl (C=O) groups excluding carboxylic acids is 1. The Balaban J connectivity index is 1.65. The zero-order chi connectivity index (χ0) is 17.6. The van der Waals surface area contributed by atoms with E-state index in [9.17, 15) is 4.79 Å². The number of hydrogen-bond acceptors (Lipinski definition) is 6. The van der Waals surface area contributed by atoms with Crippen molar-refractivity contribution in [2.75, 3.05) is 20.6 Å². The average Bonchev–Trinajstić information content (AvgIpc) is 3.16. The van der Waals surface area contributed by atoms with Gasteiger partial charge in [-0.3, -0.25) is 9.78 Å². The van der Waals surface area contributed by atoms with E-state index in [0.29, 0.717) is 17.9 Å². The molecule has 0 unspecified atom stereocenters. The van der Waals surface area contributed by atoms with E-state index < -0.39 is 0 Å². The van der Waals surface area contributed by atoms with Crippen molar-refractivity contribution in [3.05, 3.63) is 64.9 Å². The van der Waals surface area contributed by atoms with Crippen molar-refractivity contribution in [1.82, 2.24) is 25.2 Å². The third kappa shape index (κ3) is 4.26. The molecule has 0 aromatic carbocycles. The summed E-state index contributed by atoms with van der Waals surface area (Å²) < 4.78 is 0. The Labute approximate surface area is 150 Å². The summed E-state index contributed by atoms with van der Waals surface area (Å²) in [6.07, 6.45) is 6.47. The highest BCUT2D eigenvalue weighted by Gasteiger charge is 2.17. The number of thiophene rings is 1. The molecule has 0 saturated carbocycles. The first kappa shape index (κ1) is 17.2. The molecule has 1 atom stereocenters. The van der Waals surface area contributed by atoms with Crippen LogP contribution in [-0.4, -0.2) is 46.4 Å². The number of nitrogens with zero attached hydrogens (tertiary/aromatic N) is 4. The van der Waals surface area contributed by atoms with Crippen molar-refractivity contribution < 1.29 is 4.79 Å². The minimum Gasteiger partial charge on any atom is -0.350 e. The fraction of sp³-hybridized carbons (Fsp3) is 0.222. The molecule has 1 N–H and O–H groups in total. The van der Waals surface area contributed by atoms with Crippen LogP contribution < -0.4 is 5.32 Å². The van der Waals surface area contributed by atoms with Crippen LogP contribution in [0.5, 0.6) is 0 Å². The molecular formula is C18H19N5OS. The fourth-order valence-electron chi connectivity index (χ4n) is 2.40. The second-order valence-corrected chi connectivity index (χ2v) is 6.72. The van der Waals surface area contributed by atoms with E-state index in [4.69, 9.17) is 0 Å². The number of rotatable bonds is 6. The number of nitrogens with one attached hydrogen (secondary N) is 1. The molecule has 7 heteroatoms. The van der Waals surface area contributed by atoms with Gasteiger partial charge in [-0.05, 0) is 37.7 Å². The lowest BCUT2D eigenvalue weighted by Gasteiger charge is -2.23. The van der Waals surface area contributed by atoms with E-state index in [1.165, 1.54) is 4.88 Å². The van der Waals surface area contributed by atoms with Crippen LogP contribution in [0.3, 0.4) is 0 Å². The van der Waals surface area contributed by atoms with Crippen LogP contribution >= 0.6 is 11.3 Å². The van der Waals surface area contributed by atoms with Gasteiger partial charge in [-0.2, -0.15) is 0 Å². The van der Waals surface area contributed by atoms with Gasteiger partial charge in [0.15, 0.2) is 5.82 Å². The van der Waals surface area contributed by atoms with Gasteiger partial charge in [0, 0.05) is 41.8 Å². The molecule has 128 valence electrons. The average molecular weight is 353 g/mol. The lowest BCUT2D eigenvalue weighted by atomic mass is 10.2. The predicted octanol–water partition coefficient (Wildman–Crippen LogP) is 2.63. The van der Waals surface area contributed by atoms with Crippen LogP contribution in [-0.2, 0) is 0 Å². The van der Waals surface area contributed by atoms with Gasteiger partial charge in [0.1, 0.15) is 0 Å². The van der Waals surface area contributed by atoms with E-state index >= 15 is 0 Å². The molecule has 0 aliphatic carbocycles. The number of aromatic nitrogens is 3. The summed E-state index contributed by atoms with van der Waals surface area (Å²) in [6.45, 7) is 0.525. The number of pyridine rings is 1. The Bertz CT molecular complexity index is 803. The molecule has 0 aliphatic rings. The van der Waals surface area contributed by atoms with Crippen LogP contribution in [0, 0.1) is 0 Å². The normalized spacial score (nSPS) is 12.1. The molecule has 1 amide bonds. The summed E-state index contributed by atoms with van der Waals surface area (Å²) in [6, 6.07) is 7.94. The second kappa shape index (κ2) is 7.96. The Morgan fingerprint density at radius 2 is 2.00 bits per heavy atom. The van der Waals surface area contributed by atoms with Crippen molar-refractivity contribution >= 4 is 17.2 Å². The lowest BCUT2D eigenvalue weighted by Crippen LogP contribution is -2.34. The number of amides is 1. The minimum absolute atomic E-state index is 0.138. The third-order valence-electron chi connectivity index (χ3n) is 3.78. The van der Waals surface area contributed by atoms with Crippen molar-refractivity contribution in [1.29, 1.82) is 0 Å². The summed E-state index contributed by atoms with van der Waals surface area (Å²) in [5.41, 5.74) is 1.26. The highest BCUT2D eigenvalue weighted by atomic mass is 32.1. The molecule has 3 heterocycles. The minimum atomic E-state index is -0.179. The zero-order valence-electron chi connectivity index (χ0n) is 14.1. The molecule has 0 bridgehead atoms. The lowest BCUT2D eigenvalue weighted by molar-refractivity contribution is 0.0941. The maximum atomic E-state index is 12.4. The Morgan fingerprint density at radius 1 is 1.20 bits per heavy atom. The van der Waals surface area contributed by atoms with Gasteiger partial charge in [-0.25, -0.2) is 9.97 Å². The number of likely N-dealkylation sites (N-methyl/N-ethyl adjacent to an activating group) is 1. The topological polar surface area (TPSA) is 71.0 Å². The van der Waals surface area contributed by atoms with Crippen LogP contribution in [0.4, 0.5) is 0 Å². The van der Waals surface area contributed by atoms with Crippen LogP contribution in [0.15, 0.2) is 54.4 Å². The monoisotopic (exact) mass is 353 g/mol. The van der Waals surface area contributed by atoms with E-state index in [1.54, 1.807) is 36.1 Å². The summed E-state index contributed by atoms with van der Waals surface area (Å²) in [5.74, 6) is 0.371. The van der Waals surface area contributed by atoms with Crippen LogP contribution in [0.1, 0.15) is 21.3 Å². The second-order valence-electron chi connectivity index (χ2n) is 5.74. The SMILES string of the molecule is CN(C)[C@@H](CNC(=O)c1cnc(-c2cccnc2)nc1)c1cccs1. The van der Waals surface area contributed by atoms with Gasteiger partial charge >= 0.3 is 0 Å². The molecule has 0 radical (unpaired) electrons. The van der Waals surface area contributed by atoms with Crippen molar-refractivity contribution in [2.24, 2.45) is 0 Å². The maximum Gasteiger partial charge on any atom is 0.254 e. The summed E-state index contributed by atoms with van der Waals surface area (Å²) in [5, 5.41) is 5.00. The van der Waals surface area contributed by atoms with E-state index in [-0.39, 0.29) is 11.9 Å². The number of hydrogen-bond donors (Lipinski definition) is 1. The van der Waals surface area contributed by atoms with Gasteiger partial charge in [-0.1, -0.05) is 6.07 Å². The summed E-state index contributed by atoms with van der Waals surface area (Å²) >= 11 is 1.68. The van der Waals surface area contributed by atoms with Gasteiger partial charge < -0.3 is 10.2 Å². The Morgan fingerprint density at radius 3 is 2.60 bits per heavy atom. The van der Waals surface area contributed by atoms with Crippen LogP contribution in [0.2, 0.25) is 0 Å². The van der Waals surface area contributed by atoms with E-state index in [1.807, 2.05) is 37.7 Å². The molecule has 0 fully saturated rings.